The first-order valence-electron chi connectivity index (χ1n) is 6.18. The SMILES string of the molecule is O=S(=O)(Nc1ccsc1-c1ccccc1Cl)c1sc(Cl)cc1Br. The standard InChI is InChI=1S/C14H8BrCl2NO2S3/c15-9-7-12(17)22-14(9)23(19,20)18-11-5-6-21-13(11)8-3-1-2-4-10(8)16/h1-7,18H. The van der Waals surface area contributed by atoms with Crippen LogP contribution >= 0.6 is 61.8 Å². The van der Waals surface area contributed by atoms with E-state index in [-0.39, 0.29) is 4.21 Å². The summed E-state index contributed by atoms with van der Waals surface area (Å²) in [6, 6.07) is 10.6. The minimum atomic E-state index is -3.74. The summed E-state index contributed by atoms with van der Waals surface area (Å²) < 4.78 is 28.8. The predicted octanol–water partition coefficient (Wildman–Crippen LogP) is 6.35. The second kappa shape index (κ2) is 6.74. The van der Waals surface area contributed by atoms with Crippen molar-refractivity contribution >= 4 is 77.5 Å². The smallest absolute Gasteiger partial charge is 0.272 e. The van der Waals surface area contributed by atoms with E-state index in [0.29, 0.717) is 19.5 Å². The monoisotopic (exact) mass is 467 g/mol. The molecule has 0 unspecified atom stereocenters. The van der Waals surface area contributed by atoms with Gasteiger partial charge in [-0.2, -0.15) is 0 Å². The molecule has 0 radical (unpaired) electrons. The van der Waals surface area contributed by atoms with E-state index in [1.54, 1.807) is 18.2 Å². The van der Waals surface area contributed by atoms with Crippen LogP contribution in [0.4, 0.5) is 5.69 Å². The fourth-order valence-electron chi connectivity index (χ4n) is 1.94. The van der Waals surface area contributed by atoms with Crippen LogP contribution in [-0.2, 0) is 10.0 Å². The Hall–Kier alpha value is -0.570. The lowest BCUT2D eigenvalue weighted by molar-refractivity contribution is 0.603. The molecule has 3 nitrogen and oxygen atoms in total. The second-order valence-corrected chi connectivity index (χ2v) is 10.2. The quantitative estimate of drug-likeness (QED) is 0.485. The molecule has 0 aliphatic heterocycles. The summed E-state index contributed by atoms with van der Waals surface area (Å²) in [5.41, 5.74) is 1.27. The van der Waals surface area contributed by atoms with Gasteiger partial charge in [0.05, 0.1) is 19.4 Å². The Labute approximate surface area is 160 Å². The van der Waals surface area contributed by atoms with Gasteiger partial charge < -0.3 is 0 Å². The highest BCUT2D eigenvalue weighted by Gasteiger charge is 2.23. The zero-order valence-corrected chi connectivity index (χ0v) is 16.8. The number of hydrogen-bond acceptors (Lipinski definition) is 4. The van der Waals surface area contributed by atoms with Gasteiger partial charge in [-0.05, 0) is 39.5 Å². The molecule has 0 amide bonds. The van der Waals surface area contributed by atoms with Gasteiger partial charge in [0.2, 0.25) is 0 Å². The van der Waals surface area contributed by atoms with Gasteiger partial charge in [-0.15, -0.1) is 22.7 Å². The van der Waals surface area contributed by atoms with Gasteiger partial charge in [0.1, 0.15) is 0 Å². The Morgan fingerprint density at radius 3 is 2.52 bits per heavy atom. The van der Waals surface area contributed by atoms with Gasteiger partial charge >= 0.3 is 0 Å². The average Bonchev–Trinajstić information content (AvgIpc) is 3.05. The Morgan fingerprint density at radius 2 is 1.87 bits per heavy atom. The highest BCUT2D eigenvalue weighted by atomic mass is 79.9. The van der Waals surface area contributed by atoms with E-state index in [4.69, 9.17) is 23.2 Å². The molecule has 120 valence electrons. The molecule has 1 aromatic carbocycles. The molecule has 9 heteroatoms. The molecule has 2 aromatic heterocycles. The van der Waals surface area contributed by atoms with Crippen molar-refractivity contribution in [3.63, 3.8) is 0 Å². The fraction of sp³-hybridized carbons (Fsp3) is 0. The summed E-state index contributed by atoms with van der Waals surface area (Å²) in [6.45, 7) is 0. The molecule has 2 heterocycles. The first-order valence-corrected chi connectivity index (χ1v) is 10.9. The molecule has 0 aliphatic rings. The maximum Gasteiger partial charge on any atom is 0.272 e. The van der Waals surface area contributed by atoms with Crippen LogP contribution in [0, 0.1) is 0 Å². The molecule has 3 rings (SSSR count). The Morgan fingerprint density at radius 1 is 1.13 bits per heavy atom. The summed E-state index contributed by atoms with van der Waals surface area (Å²) in [5, 5.41) is 2.38. The van der Waals surface area contributed by atoms with Crippen molar-refractivity contribution in [3.8, 4) is 10.4 Å². The Balaban J connectivity index is 2.01. The van der Waals surface area contributed by atoms with Crippen molar-refractivity contribution < 1.29 is 8.42 Å². The Kier molecular flexibility index (Phi) is 5.06. The largest absolute Gasteiger partial charge is 0.277 e. The molecule has 23 heavy (non-hydrogen) atoms. The molecule has 0 saturated carbocycles. The lowest BCUT2D eigenvalue weighted by atomic mass is 10.2. The number of halogens is 3. The van der Waals surface area contributed by atoms with Crippen LogP contribution < -0.4 is 4.72 Å². The summed E-state index contributed by atoms with van der Waals surface area (Å²) >= 11 is 17.7. The minimum Gasteiger partial charge on any atom is -0.277 e. The van der Waals surface area contributed by atoms with Crippen LogP contribution in [0.5, 0.6) is 0 Å². The van der Waals surface area contributed by atoms with Crippen LogP contribution in [0.15, 0.2) is 50.5 Å². The topological polar surface area (TPSA) is 46.2 Å². The first-order chi connectivity index (χ1) is 10.9. The molecule has 0 aliphatic carbocycles. The maximum atomic E-state index is 12.6. The van der Waals surface area contributed by atoms with Crippen LogP contribution in [0.25, 0.3) is 10.4 Å². The summed E-state index contributed by atoms with van der Waals surface area (Å²) in [7, 11) is -3.74. The lowest BCUT2D eigenvalue weighted by Crippen LogP contribution is -2.12. The third-order valence-corrected chi connectivity index (χ3v) is 8.49. The van der Waals surface area contributed by atoms with Crippen LogP contribution in [0.1, 0.15) is 0 Å². The molecular formula is C14H8BrCl2NO2S3. The van der Waals surface area contributed by atoms with Gasteiger partial charge in [-0.25, -0.2) is 8.42 Å². The zero-order valence-electron chi connectivity index (χ0n) is 11.2. The van der Waals surface area contributed by atoms with Crippen LogP contribution in [-0.4, -0.2) is 8.42 Å². The molecule has 0 spiro atoms. The average molecular weight is 469 g/mol. The van der Waals surface area contributed by atoms with Gasteiger partial charge in [0.15, 0.2) is 4.21 Å². The van der Waals surface area contributed by atoms with E-state index in [2.05, 4.69) is 20.7 Å². The lowest BCUT2D eigenvalue weighted by Gasteiger charge is -2.09. The number of sulfonamides is 1. The van der Waals surface area contributed by atoms with Gasteiger partial charge in [-0.1, -0.05) is 41.4 Å². The van der Waals surface area contributed by atoms with Crippen LogP contribution in [0.2, 0.25) is 9.36 Å². The third-order valence-electron chi connectivity index (χ3n) is 2.90. The molecule has 0 bridgehead atoms. The van der Waals surface area contributed by atoms with Gasteiger partial charge in [0, 0.05) is 10.6 Å². The molecule has 0 fully saturated rings. The van der Waals surface area contributed by atoms with E-state index in [1.165, 1.54) is 11.3 Å². The second-order valence-electron chi connectivity index (χ2n) is 4.43. The number of thiophene rings is 2. The number of nitrogens with one attached hydrogen (secondary N) is 1. The summed E-state index contributed by atoms with van der Waals surface area (Å²) in [4.78, 5) is 0.762. The molecule has 1 N–H and O–H groups in total. The van der Waals surface area contributed by atoms with E-state index < -0.39 is 10.0 Å². The summed E-state index contributed by atoms with van der Waals surface area (Å²) in [5.74, 6) is 0. The van der Waals surface area contributed by atoms with E-state index in [9.17, 15) is 8.42 Å². The molecule has 3 aromatic rings. The van der Waals surface area contributed by atoms with E-state index in [0.717, 1.165) is 21.8 Å². The fourth-order valence-corrected chi connectivity index (χ4v) is 7.27. The van der Waals surface area contributed by atoms with E-state index in [1.807, 2.05) is 23.6 Å². The van der Waals surface area contributed by atoms with E-state index >= 15 is 0 Å². The zero-order chi connectivity index (χ0) is 16.6. The highest BCUT2D eigenvalue weighted by molar-refractivity contribution is 9.10. The van der Waals surface area contributed by atoms with Crippen LogP contribution in [0.3, 0.4) is 0 Å². The van der Waals surface area contributed by atoms with Crippen molar-refractivity contribution in [2.75, 3.05) is 4.72 Å². The van der Waals surface area contributed by atoms with Crippen molar-refractivity contribution in [2.45, 2.75) is 4.21 Å². The first kappa shape index (κ1) is 17.3. The van der Waals surface area contributed by atoms with Crippen molar-refractivity contribution in [1.29, 1.82) is 0 Å². The number of anilines is 1. The minimum absolute atomic E-state index is 0.138. The van der Waals surface area contributed by atoms with Gasteiger partial charge in [0.25, 0.3) is 10.0 Å². The summed E-state index contributed by atoms with van der Waals surface area (Å²) in [6.07, 6.45) is 0. The predicted molar refractivity (Wildman–Crippen MR) is 103 cm³/mol. The molecule has 0 saturated heterocycles. The molecule has 0 atom stereocenters. The highest BCUT2D eigenvalue weighted by Crippen LogP contribution is 2.40. The Bertz CT molecular complexity index is 966. The van der Waals surface area contributed by atoms with Crippen molar-refractivity contribution in [1.82, 2.24) is 0 Å². The van der Waals surface area contributed by atoms with Gasteiger partial charge in [-0.3, -0.25) is 4.72 Å². The maximum absolute atomic E-state index is 12.6. The normalized spacial score (nSPS) is 11.6. The number of rotatable bonds is 4. The third kappa shape index (κ3) is 3.60. The molecular weight excluding hydrogens is 461 g/mol. The van der Waals surface area contributed by atoms with Crippen molar-refractivity contribution in [2.24, 2.45) is 0 Å². The number of hydrogen-bond donors (Lipinski definition) is 1. The number of benzene rings is 1. The van der Waals surface area contributed by atoms with Crippen molar-refractivity contribution in [3.05, 3.63) is 55.6 Å².